The smallest absolute Gasteiger partial charge is 0.188 e. The van der Waals surface area contributed by atoms with Gasteiger partial charge in [0.25, 0.3) is 0 Å². The van der Waals surface area contributed by atoms with Crippen molar-refractivity contribution in [2.24, 2.45) is 22.1 Å². The number of hydrogen-bond donors (Lipinski definition) is 3. The van der Waals surface area contributed by atoms with Crippen molar-refractivity contribution >= 4 is 29.9 Å². The quantitative estimate of drug-likeness (QED) is 0.343. The van der Waals surface area contributed by atoms with Crippen LogP contribution in [0.15, 0.2) is 4.99 Å². The number of aliphatic imine (C=N–C) groups is 1. The number of rotatable bonds is 8. The van der Waals surface area contributed by atoms with Gasteiger partial charge >= 0.3 is 0 Å². The third kappa shape index (κ3) is 6.29. The molecule has 1 aliphatic carbocycles. The van der Waals surface area contributed by atoms with E-state index >= 15 is 0 Å². The Bertz CT molecular complexity index is 263. The van der Waals surface area contributed by atoms with E-state index in [0.29, 0.717) is 12.5 Å². The van der Waals surface area contributed by atoms with Crippen LogP contribution < -0.4 is 11.1 Å². The molecule has 0 aromatic rings. The zero-order chi connectivity index (χ0) is 13.4. The van der Waals surface area contributed by atoms with E-state index in [-0.39, 0.29) is 36.0 Å². The van der Waals surface area contributed by atoms with Gasteiger partial charge in [-0.15, -0.1) is 24.0 Å². The van der Waals surface area contributed by atoms with Crippen molar-refractivity contribution in [1.29, 1.82) is 0 Å². The average molecular weight is 383 g/mol. The molecule has 1 saturated carbocycles. The van der Waals surface area contributed by atoms with Gasteiger partial charge in [0.1, 0.15) is 0 Å². The van der Waals surface area contributed by atoms with Gasteiger partial charge in [0.15, 0.2) is 5.96 Å². The predicted molar refractivity (Wildman–Crippen MR) is 92.0 cm³/mol. The van der Waals surface area contributed by atoms with E-state index < -0.39 is 0 Å². The summed E-state index contributed by atoms with van der Waals surface area (Å²) in [4.78, 5) is 4.46. The topological polar surface area (TPSA) is 70.6 Å². The van der Waals surface area contributed by atoms with Gasteiger partial charge in [-0.1, -0.05) is 20.3 Å². The number of hydrogen-bond acceptors (Lipinski definition) is 2. The van der Waals surface area contributed by atoms with E-state index in [1.807, 2.05) is 0 Å². The first-order chi connectivity index (χ1) is 8.65. The Morgan fingerprint density at radius 1 is 1.37 bits per heavy atom. The fourth-order valence-electron chi connectivity index (χ4n) is 2.40. The molecular weight excluding hydrogens is 353 g/mol. The van der Waals surface area contributed by atoms with Crippen molar-refractivity contribution < 1.29 is 5.11 Å². The second kappa shape index (κ2) is 9.80. The summed E-state index contributed by atoms with van der Waals surface area (Å²) in [6.45, 7) is 6.22. The molecule has 0 amide bonds. The second-order valence-electron chi connectivity index (χ2n) is 5.56. The molecule has 0 saturated heterocycles. The third-order valence-corrected chi connectivity index (χ3v) is 4.52. The first kappa shape index (κ1) is 19.0. The summed E-state index contributed by atoms with van der Waals surface area (Å²) in [6.07, 6.45) is 6.86. The summed E-state index contributed by atoms with van der Waals surface area (Å²) >= 11 is 0. The summed E-state index contributed by atoms with van der Waals surface area (Å²) in [5.41, 5.74) is 6.00. The molecule has 0 bridgehead atoms. The highest BCUT2D eigenvalue weighted by atomic mass is 127. The zero-order valence-electron chi connectivity index (χ0n) is 12.3. The molecule has 0 radical (unpaired) electrons. The Hall–Kier alpha value is -0.0400. The van der Waals surface area contributed by atoms with Crippen LogP contribution in [0.2, 0.25) is 0 Å². The molecule has 4 nitrogen and oxygen atoms in total. The highest BCUT2D eigenvalue weighted by Crippen LogP contribution is 2.30. The first-order valence-corrected chi connectivity index (χ1v) is 7.30. The molecule has 0 atom stereocenters. The summed E-state index contributed by atoms with van der Waals surface area (Å²) in [6, 6.07) is 0. The number of halogens is 1. The highest BCUT2D eigenvalue weighted by Gasteiger charge is 2.25. The lowest BCUT2D eigenvalue weighted by atomic mass is 9.79. The van der Waals surface area contributed by atoms with Crippen molar-refractivity contribution in [1.82, 2.24) is 5.32 Å². The van der Waals surface area contributed by atoms with Crippen LogP contribution in [-0.4, -0.2) is 30.8 Å². The lowest BCUT2D eigenvalue weighted by Crippen LogP contribution is -2.38. The molecule has 0 aromatic heterocycles. The van der Waals surface area contributed by atoms with Crippen LogP contribution >= 0.6 is 24.0 Å². The molecule has 1 fully saturated rings. The summed E-state index contributed by atoms with van der Waals surface area (Å²) < 4.78 is 0. The van der Waals surface area contributed by atoms with Crippen LogP contribution in [0, 0.1) is 11.3 Å². The highest BCUT2D eigenvalue weighted by molar-refractivity contribution is 14.0. The SMILES string of the molecule is CCC(CC)(CCO)CN=C(N)NCC1CCC1.I. The molecule has 1 rings (SSSR count). The van der Waals surface area contributed by atoms with E-state index in [4.69, 9.17) is 10.8 Å². The first-order valence-electron chi connectivity index (χ1n) is 7.30. The van der Waals surface area contributed by atoms with Crippen LogP contribution in [0.3, 0.4) is 0 Å². The molecule has 1 aliphatic rings. The van der Waals surface area contributed by atoms with E-state index in [2.05, 4.69) is 24.2 Å². The zero-order valence-corrected chi connectivity index (χ0v) is 14.7. The maximum Gasteiger partial charge on any atom is 0.188 e. The third-order valence-electron chi connectivity index (χ3n) is 4.52. The molecule has 4 N–H and O–H groups in total. The molecule has 19 heavy (non-hydrogen) atoms. The van der Waals surface area contributed by atoms with Crippen LogP contribution in [0.25, 0.3) is 0 Å². The van der Waals surface area contributed by atoms with E-state index in [0.717, 1.165) is 31.7 Å². The molecular formula is C14H30IN3O. The maximum atomic E-state index is 9.15. The van der Waals surface area contributed by atoms with Gasteiger partial charge in [-0.05, 0) is 43.4 Å². The van der Waals surface area contributed by atoms with Crippen molar-refractivity contribution in [3.8, 4) is 0 Å². The number of guanidine groups is 1. The van der Waals surface area contributed by atoms with Gasteiger partial charge in [0, 0.05) is 19.7 Å². The van der Waals surface area contributed by atoms with Crippen molar-refractivity contribution in [2.75, 3.05) is 19.7 Å². The number of aliphatic hydroxyl groups excluding tert-OH is 1. The van der Waals surface area contributed by atoms with Gasteiger partial charge in [0.05, 0.1) is 0 Å². The lowest BCUT2D eigenvalue weighted by molar-refractivity contribution is 0.175. The minimum absolute atomic E-state index is 0. The Kier molecular flexibility index (Phi) is 9.78. The van der Waals surface area contributed by atoms with Crippen LogP contribution in [-0.2, 0) is 0 Å². The van der Waals surface area contributed by atoms with Gasteiger partial charge in [-0.3, -0.25) is 4.99 Å². The molecule has 0 unspecified atom stereocenters. The van der Waals surface area contributed by atoms with Crippen molar-refractivity contribution in [3.05, 3.63) is 0 Å². The van der Waals surface area contributed by atoms with Gasteiger partial charge < -0.3 is 16.2 Å². The van der Waals surface area contributed by atoms with Gasteiger partial charge in [0.2, 0.25) is 0 Å². The molecule has 114 valence electrons. The summed E-state index contributed by atoms with van der Waals surface area (Å²) in [5.74, 6) is 1.35. The fraction of sp³-hybridized carbons (Fsp3) is 0.929. The monoisotopic (exact) mass is 383 g/mol. The van der Waals surface area contributed by atoms with Crippen LogP contribution in [0.4, 0.5) is 0 Å². The summed E-state index contributed by atoms with van der Waals surface area (Å²) in [5, 5.41) is 12.4. The fourth-order valence-corrected chi connectivity index (χ4v) is 2.40. The summed E-state index contributed by atoms with van der Waals surface area (Å²) in [7, 11) is 0. The van der Waals surface area contributed by atoms with Crippen LogP contribution in [0.1, 0.15) is 52.4 Å². The second-order valence-corrected chi connectivity index (χ2v) is 5.56. The normalized spacial score (nSPS) is 16.7. The average Bonchev–Trinajstić information content (AvgIpc) is 2.33. The Morgan fingerprint density at radius 2 is 2.00 bits per heavy atom. The van der Waals surface area contributed by atoms with Crippen LogP contribution in [0.5, 0.6) is 0 Å². The molecule has 5 heteroatoms. The van der Waals surface area contributed by atoms with E-state index in [9.17, 15) is 0 Å². The number of nitrogens with zero attached hydrogens (tertiary/aromatic N) is 1. The van der Waals surface area contributed by atoms with Crippen molar-refractivity contribution in [3.63, 3.8) is 0 Å². The standard InChI is InChI=1S/C14H29N3O.HI/c1-3-14(4-2,8-9-18)11-17-13(15)16-10-12-6-5-7-12;/h12,18H,3-11H2,1-2H3,(H3,15,16,17);1H. The van der Waals surface area contributed by atoms with E-state index in [1.165, 1.54) is 19.3 Å². The Morgan fingerprint density at radius 3 is 2.42 bits per heavy atom. The lowest BCUT2D eigenvalue weighted by Gasteiger charge is -2.29. The molecule has 0 aliphatic heterocycles. The van der Waals surface area contributed by atoms with Crippen molar-refractivity contribution in [2.45, 2.75) is 52.4 Å². The number of aliphatic hydroxyl groups is 1. The van der Waals surface area contributed by atoms with Gasteiger partial charge in [-0.2, -0.15) is 0 Å². The Balaban J connectivity index is 0.00000324. The number of nitrogens with one attached hydrogen (secondary N) is 1. The van der Waals surface area contributed by atoms with Gasteiger partial charge in [-0.25, -0.2) is 0 Å². The molecule has 0 aromatic carbocycles. The largest absolute Gasteiger partial charge is 0.396 e. The molecule has 0 spiro atoms. The maximum absolute atomic E-state index is 9.15. The molecule has 0 heterocycles. The minimum Gasteiger partial charge on any atom is -0.396 e. The Labute approximate surface area is 134 Å². The number of nitrogens with two attached hydrogens (primary N) is 1. The predicted octanol–water partition coefficient (Wildman–Crippen LogP) is 2.50. The van der Waals surface area contributed by atoms with E-state index in [1.54, 1.807) is 0 Å². The minimum atomic E-state index is 0.